The SMILES string of the molecule is NC(Cc1cc(OCCCF)ccc1I)C(=O)O. The van der Waals surface area contributed by atoms with Crippen molar-refractivity contribution in [1.29, 1.82) is 0 Å². The fourth-order valence-electron chi connectivity index (χ4n) is 1.37. The summed E-state index contributed by atoms with van der Waals surface area (Å²) in [5, 5.41) is 8.78. The second-order valence-electron chi connectivity index (χ2n) is 3.79. The Morgan fingerprint density at radius 3 is 2.89 bits per heavy atom. The molecule has 1 aromatic carbocycles. The van der Waals surface area contributed by atoms with Gasteiger partial charge in [0, 0.05) is 9.99 Å². The minimum Gasteiger partial charge on any atom is -0.493 e. The lowest BCUT2D eigenvalue weighted by molar-refractivity contribution is -0.138. The number of hydrogen-bond acceptors (Lipinski definition) is 3. The third-order valence-electron chi connectivity index (χ3n) is 2.32. The van der Waals surface area contributed by atoms with Gasteiger partial charge in [0.15, 0.2) is 0 Å². The first kappa shape index (κ1) is 15.2. The van der Waals surface area contributed by atoms with E-state index in [0.29, 0.717) is 18.8 Å². The molecule has 1 unspecified atom stereocenters. The molecule has 0 bridgehead atoms. The third-order valence-corrected chi connectivity index (χ3v) is 3.37. The van der Waals surface area contributed by atoms with Gasteiger partial charge in [0.1, 0.15) is 11.8 Å². The fourth-order valence-corrected chi connectivity index (χ4v) is 1.92. The summed E-state index contributed by atoms with van der Waals surface area (Å²) >= 11 is 2.11. The van der Waals surface area contributed by atoms with Crippen LogP contribution in [0.3, 0.4) is 0 Å². The van der Waals surface area contributed by atoms with Crippen LogP contribution in [0.5, 0.6) is 5.75 Å². The number of hydrogen-bond donors (Lipinski definition) is 2. The van der Waals surface area contributed by atoms with Gasteiger partial charge in [-0.2, -0.15) is 0 Å². The van der Waals surface area contributed by atoms with Crippen LogP contribution >= 0.6 is 22.6 Å². The van der Waals surface area contributed by atoms with Crippen LogP contribution in [0.1, 0.15) is 12.0 Å². The molecule has 4 nitrogen and oxygen atoms in total. The zero-order valence-electron chi connectivity index (χ0n) is 9.73. The maximum atomic E-state index is 11.9. The fraction of sp³-hybridized carbons (Fsp3) is 0.417. The van der Waals surface area contributed by atoms with E-state index in [0.717, 1.165) is 9.13 Å². The summed E-state index contributed by atoms with van der Waals surface area (Å²) in [5.41, 5.74) is 6.32. The second-order valence-corrected chi connectivity index (χ2v) is 4.96. The van der Waals surface area contributed by atoms with Gasteiger partial charge in [-0.3, -0.25) is 9.18 Å². The Balaban J connectivity index is 2.71. The van der Waals surface area contributed by atoms with Crippen molar-refractivity contribution in [2.45, 2.75) is 18.9 Å². The Morgan fingerprint density at radius 1 is 1.56 bits per heavy atom. The molecular weight excluding hydrogens is 352 g/mol. The van der Waals surface area contributed by atoms with Crippen LogP contribution in [0.25, 0.3) is 0 Å². The van der Waals surface area contributed by atoms with E-state index in [1.165, 1.54) is 0 Å². The molecule has 0 aliphatic heterocycles. The highest BCUT2D eigenvalue weighted by Gasteiger charge is 2.14. The summed E-state index contributed by atoms with van der Waals surface area (Å²) in [6.07, 6.45) is 0.587. The Kier molecular flexibility index (Phi) is 6.34. The molecule has 0 heterocycles. The number of carboxylic acid groups (broad SMARTS) is 1. The van der Waals surface area contributed by atoms with E-state index >= 15 is 0 Å². The molecule has 1 aromatic rings. The number of carbonyl (C=O) groups is 1. The molecule has 1 atom stereocenters. The van der Waals surface area contributed by atoms with Gasteiger partial charge in [-0.1, -0.05) is 0 Å². The first-order valence-corrected chi connectivity index (χ1v) is 6.58. The molecule has 0 saturated heterocycles. The average molecular weight is 367 g/mol. The quantitative estimate of drug-likeness (QED) is 0.571. The van der Waals surface area contributed by atoms with Gasteiger partial charge < -0.3 is 15.6 Å². The van der Waals surface area contributed by atoms with Crippen molar-refractivity contribution in [3.63, 3.8) is 0 Å². The molecular formula is C12H15FINO3. The van der Waals surface area contributed by atoms with Crippen LogP contribution in [0.2, 0.25) is 0 Å². The number of halogens is 2. The molecule has 3 N–H and O–H groups in total. The molecule has 1 rings (SSSR count). The Bertz CT molecular complexity index is 414. The lowest BCUT2D eigenvalue weighted by Gasteiger charge is -2.11. The van der Waals surface area contributed by atoms with Crippen molar-refractivity contribution in [2.75, 3.05) is 13.3 Å². The number of alkyl halides is 1. The highest BCUT2D eigenvalue weighted by molar-refractivity contribution is 14.1. The summed E-state index contributed by atoms with van der Waals surface area (Å²) in [6.45, 7) is -0.109. The lowest BCUT2D eigenvalue weighted by Crippen LogP contribution is -2.32. The summed E-state index contributed by atoms with van der Waals surface area (Å²) in [4.78, 5) is 10.7. The van der Waals surface area contributed by atoms with E-state index in [4.69, 9.17) is 15.6 Å². The van der Waals surface area contributed by atoms with Gasteiger partial charge in [-0.05, 0) is 52.8 Å². The predicted molar refractivity (Wildman–Crippen MR) is 74.6 cm³/mol. The standard InChI is InChI=1S/C12H15FINO3/c13-4-1-5-18-9-2-3-10(14)8(6-9)7-11(15)12(16)17/h2-3,6,11H,1,4-5,7,15H2,(H,16,17). The van der Waals surface area contributed by atoms with Crippen molar-refractivity contribution >= 4 is 28.6 Å². The van der Waals surface area contributed by atoms with Crippen molar-refractivity contribution in [2.24, 2.45) is 5.73 Å². The lowest BCUT2D eigenvalue weighted by atomic mass is 10.1. The van der Waals surface area contributed by atoms with Crippen LogP contribution in [-0.2, 0) is 11.2 Å². The first-order valence-electron chi connectivity index (χ1n) is 5.50. The van der Waals surface area contributed by atoms with Crippen molar-refractivity contribution in [3.05, 3.63) is 27.3 Å². The van der Waals surface area contributed by atoms with Gasteiger partial charge in [0.25, 0.3) is 0 Å². The van der Waals surface area contributed by atoms with Gasteiger partial charge >= 0.3 is 5.97 Å². The minimum atomic E-state index is -1.03. The number of nitrogens with two attached hydrogens (primary N) is 1. The number of carboxylic acids is 1. The summed E-state index contributed by atoms with van der Waals surface area (Å²) in [6, 6.07) is 4.42. The second kappa shape index (κ2) is 7.52. The van der Waals surface area contributed by atoms with Crippen molar-refractivity contribution < 1.29 is 19.0 Å². The van der Waals surface area contributed by atoms with E-state index in [1.807, 2.05) is 6.07 Å². The smallest absolute Gasteiger partial charge is 0.320 e. The zero-order chi connectivity index (χ0) is 13.5. The summed E-state index contributed by atoms with van der Waals surface area (Å²) in [5.74, 6) is -0.425. The highest BCUT2D eigenvalue weighted by Crippen LogP contribution is 2.21. The maximum absolute atomic E-state index is 11.9. The van der Waals surface area contributed by atoms with Crippen LogP contribution in [0.15, 0.2) is 18.2 Å². The number of aliphatic carboxylic acids is 1. The Morgan fingerprint density at radius 2 is 2.28 bits per heavy atom. The minimum absolute atomic E-state index is 0.244. The monoisotopic (exact) mass is 367 g/mol. The highest BCUT2D eigenvalue weighted by atomic mass is 127. The summed E-state index contributed by atoms with van der Waals surface area (Å²) < 4.78 is 18.2. The van der Waals surface area contributed by atoms with E-state index in [2.05, 4.69) is 22.6 Å². The summed E-state index contributed by atoms with van der Waals surface area (Å²) in [7, 11) is 0. The van der Waals surface area contributed by atoms with E-state index in [1.54, 1.807) is 12.1 Å². The van der Waals surface area contributed by atoms with E-state index in [9.17, 15) is 9.18 Å². The predicted octanol–water partition coefficient (Wildman–Crippen LogP) is 1.98. The molecule has 18 heavy (non-hydrogen) atoms. The molecule has 0 aliphatic rings. The van der Waals surface area contributed by atoms with Crippen LogP contribution in [-0.4, -0.2) is 30.4 Å². The van der Waals surface area contributed by atoms with E-state index in [-0.39, 0.29) is 6.42 Å². The van der Waals surface area contributed by atoms with E-state index < -0.39 is 18.7 Å². The molecule has 0 spiro atoms. The Hall–Kier alpha value is -0.890. The van der Waals surface area contributed by atoms with Crippen molar-refractivity contribution in [3.8, 4) is 5.75 Å². The topological polar surface area (TPSA) is 72.5 Å². The molecule has 0 fully saturated rings. The van der Waals surface area contributed by atoms with Crippen LogP contribution < -0.4 is 10.5 Å². The van der Waals surface area contributed by atoms with Gasteiger partial charge in [0.2, 0.25) is 0 Å². The first-order chi connectivity index (χ1) is 8.54. The largest absolute Gasteiger partial charge is 0.493 e. The molecule has 0 radical (unpaired) electrons. The molecule has 0 amide bonds. The molecule has 0 saturated carbocycles. The Labute approximate surface area is 118 Å². The molecule has 100 valence electrons. The third kappa shape index (κ3) is 4.77. The number of benzene rings is 1. The normalized spacial score (nSPS) is 12.2. The van der Waals surface area contributed by atoms with Gasteiger partial charge in [-0.15, -0.1) is 0 Å². The van der Waals surface area contributed by atoms with Gasteiger partial charge in [-0.25, -0.2) is 0 Å². The average Bonchev–Trinajstić information content (AvgIpc) is 2.33. The number of ether oxygens (including phenoxy) is 1. The molecule has 6 heteroatoms. The maximum Gasteiger partial charge on any atom is 0.320 e. The van der Waals surface area contributed by atoms with Crippen LogP contribution in [0.4, 0.5) is 4.39 Å². The number of rotatable bonds is 7. The molecule has 0 aromatic heterocycles. The molecule has 0 aliphatic carbocycles. The van der Waals surface area contributed by atoms with Crippen LogP contribution in [0, 0.1) is 3.57 Å². The zero-order valence-corrected chi connectivity index (χ0v) is 11.9. The van der Waals surface area contributed by atoms with Crippen molar-refractivity contribution in [1.82, 2.24) is 0 Å². The van der Waals surface area contributed by atoms with Gasteiger partial charge in [0.05, 0.1) is 13.3 Å².